The molecular weight excluding hydrogens is 286 g/mol. The average Bonchev–Trinajstić information content (AvgIpc) is 2.44. The molecule has 0 saturated heterocycles. The van der Waals surface area contributed by atoms with Crippen LogP contribution in [0.3, 0.4) is 0 Å². The molecule has 6 nitrogen and oxygen atoms in total. The number of halogens is 1. The number of carboxylic acid groups (broad SMARTS) is 1. The lowest BCUT2D eigenvalue weighted by molar-refractivity contribution is -0.137. The molecule has 7 heteroatoms. The van der Waals surface area contributed by atoms with Gasteiger partial charge in [-0.1, -0.05) is 11.6 Å². The van der Waals surface area contributed by atoms with Gasteiger partial charge in [0.1, 0.15) is 12.3 Å². The molecule has 0 fully saturated rings. The first-order valence-corrected chi connectivity index (χ1v) is 5.87. The van der Waals surface area contributed by atoms with Crippen LogP contribution in [-0.2, 0) is 9.59 Å². The summed E-state index contributed by atoms with van der Waals surface area (Å²) in [5.41, 5.74) is 0.290. The van der Waals surface area contributed by atoms with Gasteiger partial charge in [0.2, 0.25) is 11.7 Å². The number of Topliss-reactive ketones (excluding diaryl/α,β-unsaturated/α-hetero) is 1. The Hall–Kier alpha value is -2.34. The second kappa shape index (κ2) is 7.30. The van der Waals surface area contributed by atoms with Crippen molar-refractivity contribution in [3.8, 4) is 5.75 Å². The monoisotopic (exact) mass is 297 g/mol. The SMILES string of the molecule is COc1ccc(C(=O)/C(Cl)=C/C(=O)NCC(=O)O)cc1. The number of carbonyl (C=O) groups is 3. The fraction of sp³-hybridized carbons (Fsp3) is 0.154. The fourth-order valence-corrected chi connectivity index (χ4v) is 1.48. The largest absolute Gasteiger partial charge is 0.497 e. The van der Waals surface area contributed by atoms with Crippen LogP contribution in [0.2, 0.25) is 0 Å². The molecule has 1 amide bonds. The zero-order valence-corrected chi connectivity index (χ0v) is 11.3. The second-order valence-corrected chi connectivity index (χ2v) is 4.07. The molecule has 0 saturated carbocycles. The van der Waals surface area contributed by atoms with Gasteiger partial charge in [-0.25, -0.2) is 0 Å². The summed E-state index contributed by atoms with van der Waals surface area (Å²) < 4.78 is 4.95. The molecule has 2 N–H and O–H groups in total. The van der Waals surface area contributed by atoms with Crippen LogP contribution in [0.25, 0.3) is 0 Å². The average molecular weight is 298 g/mol. The lowest BCUT2D eigenvalue weighted by atomic mass is 10.1. The van der Waals surface area contributed by atoms with E-state index in [-0.39, 0.29) is 10.6 Å². The number of rotatable bonds is 6. The van der Waals surface area contributed by atoms with E-state index in [1.54, 1.807) is 12.1 Å². The first-order valence-electron chi connectivity index (χ1n) is 5.49. The van der Waals surface area contributed by atoms with Gasteiger partial charge in [-0.3, -0.25) is 14.4 Å². The van der Waals surface area contributed by atoms with E-state index in [2.05, 4.69) is 5.32 Å². The molecule has 106 valence electrons. The third kappa shape index (κ3) is 4.74. The van der Waals surface area contributed by atoms with E-state index >= 15 is 0 Å². The number of hydrogen-bond acceptors (Lipinski definition) is 4. The molecule has 1 aromatic carbocycles. The number of amides is 1. The van der Waals surface area contributed by atoms with Crippen molar-refractivity contribution in [3.05, 3.63) is 40.9 Å². The molecule has 0 aliphatic heterocycles. The van der Waals surface area contributed by atoms with Gasteiger partial charge in [0.25, 0.3) is 0 Å². The number of hydrogen-bond donors (Lipinski definition) is 2. The van der Waals surface area contributed by atoms with Crippen molar-refractivity contribution in [2.24, 2.45) is 0 Å². The lowest BCUT2D eigenvalue weighted by Crippen LogP contribution is -2.28. The van der Waals surface area contributed by atoms with Crippen LogP contribution in [0.15, 0.2) is 35.4 Å². The lowest BCUT2D eigenvalue weighted by Gasteiger charge is -2.02. The van der Waals surface area contributed by atoms with E-state index in [1.165, 1.54) is 19.2 Å². The molecule has 0 unspecified atom stereocenters. The Morgan fingerprint density at radius 3 is 2.40 bits per heavy atom. The van der Waals surface area contributed by atoms with Gasteiger partial charge in [0, 0.05) is 11.6 Å². The highest BCUT2D eigenvalue weighted by atomic mass is 35.5. The molecule has 0 aromatic heterocycles. The van der Waals surface area contributed by atoms with Crippen LogP contribution in [0.4, 0.5) is 0 Å². The van der Waals surface area contributed by atoms with Gasteiger partial charge >= 0.3 is 5.97 Å². The van der Waals surface area contributed by atoms with Crippen LogP contribution in [0, 0.1) is 0 Å². The maximum absolute atomic E-state index is 11.9. The number of carboxylic acids is 1. The highest BCUT2D eigenvalue weighted by molar-refractivity contribution is 6.46. The maximum Gasteiger partial charge on any atom is 0.322 e. The Morgan fingerprint density at radius 1 is 1.30 bits per heavy atom. The molecule has 0 radical (unpaired) electrons. The normalized spacial score (nSPS) is 10.8. The number of ketones is 1. The Balaban J connectivity index is 2.74. The highest BCUT2D eigenvalue weighted by Gasteiger charge is 2.12. The summed E-state index contributed by atoms with van der Waals surface area (Å²) in [5, 5.41) is 10.1. The summed E-state index contributed by atoms with van der Waals surface area (Å²) in [7, 11) is 1.50. The van der Waals surface area contributed by atoms with Crippen molar-refractivity contribution >= 4 is 29.3 Å². The molecule has 1 rings (SSSR count). The number of allylic oxidation sites excluding steroid dienone is 1. The zero-order valence-electron chi connectivity index (χ0n) is 10.6. The smallest absolute Gasteiger partial charge is 0.322 e. The Bertz CT molecular complexity index is 550. The summed E-state index contributed by atoms with van der Waals surface area (Å²) in [6.45, 7) is -0.545. The number of benzene rings is 1. The zero-order chi connectivity index (χ0) is 15.1. The Morgan fingerprint density at radius 2 is 1.90 bits per heavy atom. The van der Waals surface area contributed by atoms with Crippen molar-refractivity contribution in [2.75, 3.05) is 13.7 Å². The van der Waals surface area contributed by atoms with Crippen molar-refractivity contribution in [1.29, 1.82) is 0 Å². The van der Waals surface area contributed by atoms with Crippen LogP contribution < -0.4 is 10.1 Å². The van der Waals surface area contributed by atoms with Crippen LogP contribution in [0.5, 0.6) is 5.75 Å². The number of methoxy groups -OCH3 is 1. The molecule has 0 heterocycles. The predicted molar refractivity (Wildman–Crippen MR) is 71.9 cm³/mol. The summed E-state index contributed by atoms with van der Waals surface area (Å²) in [4.78, 5) is 33.4. The molecule has 0 atom stereocenters. The number of ether oxygens (including phenoxy) is 1. The summed E-state index contributed by atoms with van der Waals surface area (Å²) in [6.07, 6.45) is 0.844. The predicted octanol–water partition coefficient (Wildman–Crippen LogP) is 1.20. The van der Waals surface area contributed by atoms with E-state index in [1.807, 2.05) is 0 Å². The van der Waals surface area contributed by atoms with Gasteiger partial charge in [-0.05, 0) is 24.3 Å². The summed E-state index contributed by atoms with van der Waals surface area (Å²) in [5.74, 6) is -1.90. The molecule has 0 spiro atoms. The number of aliphatic carboxylic acids is 1. The Kier molecular flexibility index (Phi) is 5.74. The molecule has 0 bridgehead atoms. The van der Waals surface area contributed by atoms with Gasteiger partial charge in [0.05, 0.1) is 12.1 Å². The van der Waals surface area contributed by atoms with Gasteiger partial charge < -0.3 is 15.2 Å². The van der Waals surface area contributed by atoms with Crippen LogP contribution in [-0.4, -0.2) is 36.4 Å². The summed E-state index contributed by atoms with van der Waals surface area (Å²) in [6, 6.07) is 6.18. The maximum atomic E-state index is 11.9. The van der Waals surface area contributed by atoms with Crippen molar-refractivity contribution in [3.63, 3.8) is 0 Å². The van der Waals surface area contributed by atoms with E-state index < -0.39 is 24.2 Å². The van der Waals surface area contributed by atoms with Crippen molar-refractivity contribution in [2.45, 2.75) is 0 Å². The first kappa shape index (κ1) is 15.7. The Labute approximate surface area is 120 Å². The molecule has 1 aromatic rings. The minimum atomic E-state index is -1.19. The molecular formula is C13H12ClNO5. The third-order valence-corrected chi connectivity index (χ3v) is 2.52. The van der Waals surface area contributed by atoms with Gasteiger partial charge in [-0.15, -0.1) is 0 Å². The van der Waals surface area contributed by atoms with E-state index in [4.69, 9.17) is 21.4 Å². The van der Waals surface area contributed by atoms with E-state index in [0.29, 0.717) is 5.75 Å². The molecule has 0 aliphatic carbocycles. The van der Waals surface area contributed by atoms with Gasteiger partial charge in [-0.2, -0.15) is 0 Å². The fourth-order valence-electron chi connectivity index (χ4n) is 1.27. The highest BCUT2D eigenvalue weighted by Crippen LogP contribution is 2.16. The number of carbonyl (C=O) groups excluding carboxylic acids is 2. The quantitative estimate of drug-likeness (QED) is 0.608. The number of nitrogens with one attached hydrogen (secondary N) is 1. The second-order valence-electron chi connectivity index (χ2n) is 3.66. The van der Waals surface area contributed by atoms with Crippen LogP contribution in [0.1, 0.15) is 10.4 Å². The van der Waals surface area contributed by atoms with E-state index in [9.17, 15) is 14.4 Å². The minimum absolute atomic E-state index is 0.290. The first-order chi connectivity index (χ1) is 9.43. The third-order valence-electron chi connectivity index (χ3n) is 2.24. The van der Waals surface area contributed by atoms with E-state index in [0.717, 1.165) is 6.08 Å². The van der Waals surface area contributed by atoms with Crippen molar-refractivity contribution in [1.82, 2.24) is 5.32 Å². The topological polar surface area (TPSA) is 92.7 Å². The summed E-state index contributed by atoms with van der Waals surface area (Å²) >= 11 is 5.72. The minimum Gasteiger partial charge on any atom is -0.497 e. The van der Waals surface area contributed by atoms with Crippen LogP contribution >= 0.6 is 11.6 Å². The van der Waals surface area contributed by atoms with Gasteiger partial charge in [0.15, 0.2) is 0 Å². The van der Waals surface area contributed by atoms with Crippen molar-refractivity contribution < 1.29 is 24.2 Å². The molecule has 20 heavy (non-hydrogen) atoms. The molecule has 0 aliphatic rings. The standard InChI is InChI=1S/C13H12ClNO5/c1-20-9-4-2-8(3-5-9)13(19)10(14)6-11(16)15-7-12(17)18/h2-6H,7H2,1H3,(H,15,16)(H,17,18)/b10-6-.